The molecule has 0 bridgehead atoms. The van der Waals surface area contributed by atoms with E-state index in [1.165, 1.54) is 12.8 Å². The van der Waals surface area contributed by atoms with E-state index >= 15 is 0 Å². The van der Waals surface area contributed by atoms with Crippen molar-refractivity contribution in [1.82, 2.24) is 5.32 Å². The number of halogens is 1. The van der Waals surface area contributed by atoms with Gasteiger partial charge in [-0.1, -0.05) is 11.6 Å². The normalized spacial score (nSPS) is 15.6. The monoisotopic (exact) mass is 326 g/mol. The molecule has 1 aromatic rings. The first-order valence-electron chi connectivity index (χ1n) is 7.56. The highest BCUT2D eigenvalue weighted by molar-refractivity contribution is 6.32. The Morgan fingerprint density at radius 2 is 2.09 bits per heavy atom. The molecule has 6 heteroatoms. The van der Waals surface area contributed by atoms with Crippen LogP contribution in [0.15, 0.2) is 18.2 Å². The lowest BCUT2D eigenvalue weighted by molar-refractivity contribution is 0.187. The van der Waals surface area contributed by atoms with Gasteiger partial charge in [0, 0.05) is 5.69 Å². The predicted molar refractivity (Wildman–Crippen MR) is 87.7 cm³/mol. The first-order valence-corrected chi connectivity index (χ1v) is 7.94. The van der Waals surface area contributed by atoms with Gasteiger partial charge in [0.15, 0.2) is 0 Å². The number of anilines is 1. The molecule has 1 aliphatic carbocycles. The van der Waals surface area contributed by atoms with E-state index in [0.29, 0.717) is 16.5 Å². The van der Waals surface area contributed by atoms with Crippen LogP contribution in [0.4, 0.5) is 10.5 Å². The molecule has 0 unspecified atom stereocenters. The van der Waals surface area contributed by atoms with Crippen LogP contribution in [0.25, 0.3) is 0 Å². The maximum atomic E-state index is 11.9. The molecule has 0 heterocycles. The zero-order valence-corrected chi connectivity index (χ0v) is 13.7. The average molecular weight is 327 g/mol. The number of amides is 2. The summed E-state index contributed by atoms with van der Waals surface area (Å²) in [6.45, 7) is 3.32. The van der Waals surface area contributed by atoms with Gasteiger partial charge < -0.3 is 20.5 Å². The van der Waals surface area contributed by atoms with Crippen molar-refractivity contribution in [3.05, 3.63) is 23.2 Å². The Balaban J connectivity index is 1.95. The van der Waals surface area contributed by atoms with Crippen molar-refractivity contribution in [2.24, 2.45) is 0 Å². The average Bonchev–Trinajstić information content (AvgIpc) is 2.94. The number of nitrogens with one attached hydrogen (secondary N) is 2. The van der Waals surface area contributed by atoms with Gasteiger partial charge in [0.05, 0.1) is 23.3 Å². The van der Waals surface area contributed by atoms with Crippen molar-refractivity contribution in [3.8, 4) is 5.75 Å². The van der Waals surface area contributed by atoms with Crippen molar-refractivity contribution < 1.29 is 14.6 Å². The molecule has 2 rings (SSSR count). The molecule has 22 heavy (non-hydrogen) atoms. The summed E-state index contributed by atoms with van der Waals surface area (Å²) in [6, 6.07) is 4.80. The van der Waals surface area contributed by atoms with E-state index < -0.39 is 5.54 Å². The fraction of sp³-hybridized carbons (Fsp3) is 0.562. The summed E-state index contributed by atoms with van der Waals surface area (Å²) >= 11 is 6.21. The van der Waals surface area contributed by atoms with Crippen molar-refractivity contribution in [2.45, 2.75) is 51.2 Å². The lowest BCUT2D eigenvalue weighted by Gasteiger charge is -2.23. The number of hydrogen-bond donors (Lipinski definition) is 3. The smallest absolute Gasteiger partial charge is 0.319 e. The Morgan fingerprint density at radius 1 is 1.41 bits per heavy atom. The minimum Gasteiger partial charge on any atom is -0.489 e. The lowest BCUT2D eigenvalue weighted by atomic mass is 10.1. The van der Waals surface area contributed by atoms with Crippen molar-refractivity contribution in [1.29, 1.82) is 0 Å². The van der Waals surface area contributed by atoms with Crippen molar-refractivity contribution in [3.63, 3.8) is 0 Å². The standard InChI is InChI=1S/C16H23ClN2O3/c1-16(2,10-20)19-15(21)18-11-7-8-14(13(17)9-11)22-12-5-3-4-6-12/h7-9,12,20H,3-6,10H2,1-2H3,(H2,18,19,21). The van der Waals surface area contributed by atoms with Gasteiger partial charge >= 0.3 is 6.03 Å². The number of hydrogen-bond acceptors (Lipinski definition) is 3. The Morgan fingerprint density at radius 3 is 2.68 bits per heavy atom. The van der Waals surface area contributed by atoms with Gasteiger partial charge in [-0.05, 0) is 57.7 Å². The molecule has 0 spiro atoms. The molecule has 1 fully saturated rings. The Kier molecular flexibility index (Phi) is 5.53. The second kappa shape index (κ2) is 7.20. The van der Waals surface area contributed by atoms with E-state index in [4.69, 9.17) is 21.4 Å². The number of benzene rings is 1. The first-order chi connectivity index (χ1) is 10.4. The number of carbonyl (C=O) groups is 1. The highest BCUT2D eigenvalue weighted by Crippen LogP contribution is 2.31. The molecule has 122 valence electrons. The van der Waals surface area contributed by atoms with Gasteiger partial charge in [-0.2, -0.15) is 0 Å². The van der Waals surface area contributed by atoms with E-state index in [1.54, 1.807) is 32.0 Å². The van der Waals surface area contributed by atoms with Crippen LogP contribution in [0.2, 0.25) is 5.02 Å². The zero-order chi connectivity index (χ0) is 16.2. The van der Waals surface area contributed by atoms with Crippen LogP contribution >= 0.6 is 11.6 Å². The molecule has 2 amide bonds. The number of carbonyl (C=O) groups excluding carboxylic acids is 1. The largest absolute Gasteiger partial charge is 0.489 e. The van der Waals surface area contributed by atoms with Crippen LogP contribution in [0.1, 0.15) is 39.5 Å². The molecular formula is C16H23ClN2O3. The van der Waals surface area contributed by atoms with E-state index in [2.05, 4.69) is 10.6 Å². The third-order valence-corrected chi connectivity index (χ3v) is 3.93. The molecule has 0 atom stereocenters. The maximum Gasteiger partial charge on any atom is 0.319 e. The number of rotatable bonds is 5. The molecule has 1 aliphatic rings. The van der Waals surface area contributed by atoms with Gasteiger partial charge in [0.25, 0.3) is 0 Å². The van der Waals surface area contributed by atoms with E-state index in [1.807, 2.05) is 0 Å². The molecule has 3 N–H and O–H groups in total. The van der Waals surface area contributed by atoms with Gasteiger partial charge in [0.2, 0.25) is 0 Å². The minimum atomic E-state index is -0.681. The van der Waals surface area contributed by atoms with Crippen molar-refractivity contribution in [2.75, 3.05) is 11.9 Å². The molecule has 0 aromatic heterocycles. The van der Waals surface area contributed by atoms with Crippen LogP contribution in [0.5, 0.6) is 5.75 Å². The summed E-state index contributed by atoms with van der Waals surface area (Å²) in [5.41, 5.74) is -0.102. The summed E-state index contributed by atoms with van der Waals surface area (Å²) < 4.78 is 5.87. The fourth-order valence-electron chi connectivity index (χ4n) is 2.37. The first kappa shape index (κ1) is 16.9. The van der Waals surface area contributed by atoms with Gasteiger partial charge in [-0.15, -0.1) is 0 Å². The molecule has 1 aromatic carbocycles. The van der Waals surface area contributed by atoms with Gasteiger partial charge in [-0.25, -0.2) is 4.79 Å². The Labute approximate surface area is 136 Å². The maximum absolute atomic E-state index is 11.9. The fourth-order valence-corrected chi connectivity index (χ4v) is 2.59. The molecule has 5 nitrogen and oxygen atoms in total. The minimum absolute atomic E-state index is 0.144. The summed E-state index contributed by atoms with van der Waals surface area (Å²) in [4.78, 5) is 11.9. The molecule has 1 saturated carbocycles. The van der Waals surface area contributed by atoms with Crippen molar-refractivity contribution >= 4 is 23.3 Å². The third kappa shape index (κ3) is 4.78. The molecular weight excluding hydrogens is 304 g/mol. The van der Waals surface area contributed by atoms with Crippen LogP contribution in [-0.2, 0) is 0 Å². The third-order valence-electron chi connectivity index (χ3n) is 3.63. The predicted octanol–water partition coefficient (Wildman–Crippen LogP) is 3.55. The van der Waals surface area contributed by atoms with E-state index in [9.17, 15) is 4.79 Å². The lowest BCUT2D eigenvalue weighted by Crippen LogP contribution is -2.48. The number of aliphatic hydroxyl groups is 1. The summed E-state index contributed by atoms with van der Waals surface area (Å²) in [5.74, 6) is 0.648. The molecule has 0 saturated heterocycles. The van der Waals surface area contributed by atoms with Gasteiger partial charge in [-0.3, -0.25) is 0 Å². The second-order valence-corrected chi connectivity index (χ2v) is 6.70. The SMILES string of the molecule is CC(C)(CO)NC(=O)Nc1ccc(OC2CCCC2)c(Cl)c1. The number of ether oxygens (including phenoxy) is 1. The van der Waals surface area contributed by atoms with Crippen LogP contribution in [0, 0.1) is 0 Å². The van der Waals surface area contributed by atoms with Crippen LogP contribution in [0.3, 0.4) is 0 Å². The van der Waals surface area contributed by atoms with Crippen LogP contribution in [-0.4, -0.2) is 29.4 Å². The summed E-state index contributed by atoms with van der Waals surface area (Å²) in [5, 5.41) is 15.0. The molecule has 0 radical (unpaired) electrons. The highest BCUT2D eigenvalue weighted by atomic mass is 35.5. The summed E-state index contributed by atoms with van der Waals surface area (Å²) in [7, 11) is 0. The molecule has 0 aliphatic heterocycles. The number of urea groups is 1. The second-order valence-electron chi connectivity index (χ2n) is 6.29. The van der Waals surface area contributed by atoms with E-state index in [0.717, 1.165) is 12.8 Å². The number of aliphatic hydroxyl groups excluding tert-OH is 1. The topological polar surface area (TPSA) is 70.6 Å². The van der Waals surface area contributed by atoms with Gasteiger partial charge in [0.1, 0.15) is 5.75 Å². The zero-order valence-electron chi connectivity index (χ0n) is 13.0. The summed E-state index contributed by atoms with van der Waals surface area (Å²) in [6.07, 6.45) is 4.76. The van der Waals surface area contributed by atoms with E-state index in [-0.39, 0.29) is 18.7 Å². The quantitative estimate of drug-likeness (QED) is 0.775. The Hall–Kier alpha value is -1.46. The Bertz CT molecular complexity index is 528. The highest BCUT2D eigenvalue weighted by Gasteiger charge is 2.20. The van der Waals surface area contributed by atoms with Crippen LogP contribution < -0.4 is 15.4 Å².